The fourth-order valence-corrected chi connectivity index (χ4v) is 10.4. The van der Waals surface area contributed by atoms with Gasteiger partial charge in [0.1, 0.15) is 26.0 Å². The smallest absolute Gasteiger partial charge is 0.192 e. The van der Waals surface area contributed by atoms with Crippen LogP contribution < -0.4 is 4.74 Å². The van der Waals surface area contributed by atoms with E-state index in [1.54, 1.807) is 7.11 Å². The topological polar surface area (TPSA) is 75.6 Å². The average molecular weight is 852 g/mol. The highest BCUT2D eigenvalue weighted by Gasteiger charge is 2.50. The Morgan fingerprint density at radius 1 is 0.750 bits per heavy atom. The van der Waals surface area contributed by atoms with Gasteiger partial charge in [0, 0.05) is 6.42 Å². The lowest BCUT2D eigenvalue weighted by Crippen LogP contribution is -2.60. The molecule has 2 rings (SSSR count). The maximum absolute atomic E-state index is 11.8. The molecule has 1 heterocycles. The van der Waals surface area contributed by atoms with E-state index in [0.717, 1.165) is 17.7 Å². The summed E-state index contributed by atoms with van der Waals surface area (Å²) in [6.45, 7) is 46.6. The Morgan fingerprint density at radius 2 is 1.25 bits per heavy atom. The van der Waals surface area contributed by atoms with Crippen molar-refractivity contribution in [2.45, 2.75) is 213 Å². The lowest BCUT2D eigenvalue weighted by Gasteiger charge is -2.51. The van der Waals surface area contributed by atoms with Gasteiger partial charge in [0.2, 0.25) is 0 Å². The number of rotatable bonds is 17. The summed E-state index contributed by atoms with van der Waals surface area (Å²) in [5, 5.41) is 12.0. The molecule has 0 radical (unpaired) electrons. The summed E-state index contributed by atoms with van der Waals surface area (Å²) in [7, 11) is -6.39. The number of methoxy groups -OCH3 is 1. The molecule has 0 saturated carbocycles. The van der Waals surface area contributed by atoms with E-state index in [0.29, 0.717) is 26.1 Å². The number of hydrogen-bond acceptors (Lipinski definition) is 7. The van der Waals surface area contributed by atoms with Crippen LogP contribution >= 0.6 is 0 Å². The van der Waals surface area contributed by atoms with Gasteiger partial charge >= 0.3 is 0 Å². The minimum Gasteiger partial charge on any atom is -0.497 e. The predicted molar refractivity (Wildman–Crippen MR) is 247 cm³/mol. The average Bonchev–Trinajstić information content (AvgIpc) is 3.02. The van der Waals surface area contributed by atoms with Crippen LogP contribution in [-0.2, 0) is 29.4 Å². The Hall–Kier alpha value is -0.792. The molecule has 0 aromatic heterocycles. The zero-order valence-electron chi connectivity index (χ0n) is 39.9. The first kappa shape index (κ1) is 51.3. The van der Waals surface area contributed by atoms with Crippen molar-refractivity contribution < 1.29 is 32.6 Å². The molecule has 1 aliphatic rings. The molecule has 1 fully saturated rings. The zero-order chi connectivity index (χ0) is 43.3. The van der Waals surface area contributed by atoms with Gasteiger partial charge in [-0.3, -0.25) is 0 Å². The summed E-state index contributed by atoms with van der Waals surface area (Å²) in [6, 6.07) is 7.97. The third-order valence-corrected chi connectivity index (χ3v) is 27.4. The van der Waals surface area contributed by atoms with Crippen LogP contribution in [0.25, 0.3) is 0 Å². The van der Waals surface area contributed by atoms with Crippen molar-refractivity contribution >= 4 is 33.0 Å². The van der Waals surface area contributed by atoms with E-state index in [1.807, 2.05) is 24.3 Å². The molecule has 1 aromatic carbocycles. The van der Waals surface area contributed by atoms with Crippen molar-refractivity contribution in [3.05, 3.63) is 29.8 Å². The molecule has 1 aliphatic heterocycles. The van der Waals surface area contributed by atoms with Gasteiger partial charge < -0.3 is 32.6 Å². The highest BCUT2D eigenvalue weighted by molar-refractivity contribution is 6.83. The van der Waals surface area contributed by atoms with E-state index in [2.05, 4.69) is 147 Å². The largest absolute Gasteiger partial charge is 0.497 e. The van der Waals surface area contributed by atoms with Gasteiger partial charge in [-0.1, -0.05) is 114 Å². The molecular weight excluding hydrogens is 765 g/mol. The number of aliphatic hydroxyl groups excluding tert-OH is 1. The molecule has 11 heteroatoms. The quantitative estimate of drug-likeness (QED) is 0.124. The molecule has 324 valence electrons. The van der Waals surface area contributed by atoms with Gasteiger partial charge in [0.25, 0.3) is 0 Å². The monoisotopic (exact) mass is 851 g/mol. The highest BCUT2D eigenvalue weighted by Crippen LogP contribution is 2.44. The van der Waals surface area contributed by atoms with Crippen molar-refractivity contribution in [1.82, 2.24) is 0 Å². The molecule has 0 unspecified atom stereocenters. The second kappa shape index (κ2) is 19.7. The molecule has 0 aliphatic carbocycles. The van der Waals surface area contributed by atoms with Crippen LogP contribution in [-0.4, -0.2) is 88.5 Å². The Kier molecular flexibility index (Phi) is 18.1. The van der Waals surface area contributed by atoms with Crippen molar-refractivity contribution in [2.75, 3.05) is 13.7 Å². The third-order valence-electron chi connectivity index (χ3n) is 13.0. The van der Waals surface area contributed by atoms with Crippen molar-refractivity contribution in [1.29, 1.82) is 0 Å². The van der Waals surface area contributed by atoms with Crippen LogP contribution in [0, 0.1) is 23.3 Å². The molecule has 0 bridgehead atoms. The van der Waals surface area contributed by atoms with Crippen molar-refractivity contribution in [3.8, 4) is 17.2 Å². The number of aliphatic hydroxyl groups is 1. The van der Waals surface area contributed by atoms with Gasteiger partial charge in [-0.2, -0.15) is 0 Å². The first-order valence-electron chi connectivity index (χ1n) is 21.3. The van der Waals surface area contributed by atoms with E-state index in [9.17, 15) is 5.11 Å². The molecule has 0 spiro atoms. The first-order chi connectivity index (χ1) is 25.2. The molecule has 7 nitrogen and oxygen atoms in total. The summed E-state index contributed by atoms with van der Waals surface area (Å²) in [5.41, 5.74) is 4.61. The number of benzene rings is 1. The van der Waals surface area contributed by atoms with Crippen molar-refractivity contribution in [3.63, 3.8) is 0 Å². The van der Waals surface area contributed by atoms with Gasteiger partial charge in [0.05, 0.1) is 44.7 Å². The molecular formula is C45H86O7Si4. The SMILES string of the molecule is COc1ccc(CO[C@H](C#C[Si](C)(C)C)[C@@H](C)C[C@H](O)C[C@H](C)[C@@H]2O[C@H](CO[Si](C)(C)C(C)(C)C)[C@H](O[Si](C)(C)C(C)(C)C)C[C@@H]2O[Si](C)(C)C(C)(C)C)cc1. The second-order valence-corrected chi connectivity index (χ2v) is 41.5. The number of ether oxygens (including phenoxy) is 3. The summed E-state index contributed by atoms with van der Waals surface area (Å²) in [5.74, 6) is 4.37. The van der Waals surface area contributed by atoms with Crippen LogP contribution in [0.2, 0.25) is 74.0 Å². The van der Waals surface area contributed by atoms with Crippen LogP contribution in [0.4, 0.5) is 0 Å². The van der Waals surface area contributed by atoms with Crippen LogP contribution in [0.5, 0.6) is 5.75 Å². The summed E-state index contributed by atoms with van der Waals surface area (Å²) in [6.07, 6.45) is 0.328. The zero-order valence-corrected chi connectivity index (χ0v) is 43.9. The molecule has 56 heavy (non-hydrogen) atoms. The minimum absolute atomic E-state index is 0.0268. The Labute approximate surface area is 349 Å². The second-order valence-electron chi connectivity index (χ2n) is 22.5. The Balaban J connectivity index is 2.43. The molecule has 1 N–H and O–H groups in total. The van der Waals surface area contributed by atoms with Gasteiger partial charge in [-0.05, 0) is 96.8 Å². The van der Waals surface area contributed by atoms with E-state index >= 15 is 0 Å². The van der Waals surface area contributed by atoms with Gasteiger partial charge in [-0.15, -0.1) is 5.54 Å². The maximum Gasteiger partial charge on any atom is 0.192 e. The predicted octanol–water partition coefficient (Wildman–Crippen LogP) is 11.8. The number of hydrogen-bond donors (Lipinski definition) is 1. The van der Waals surface area contributed by atoms with E-state index < -0.39 is 39.1 Å². The van der Waals surface area contributed by atoms with E-state index in [1.165, 1.54) is 0 Å². The molecule has 1 aromatic rings. The van der Waals surface area contributed by atoms with Crippen LogP contribution in [0.15, 0.2) is 24.3 Å². The Bertz CT molecular complexity index is 1410. The van der Waals surface area contributed by atoms with Crippen LogP contribution in [0.3, 0.4) is 0 Å². The first-order valence-corrected chi connectivity index (χ1v) is 33.5. The summed E-state index contributed by atoms with van der Waals surface area (Å²) < 4.78 is 40.5. The van der Waals surface area contributed by atoms with E-state index in [4.69, 9.17) is 27.5 Å². The summed E-state index contributed by atoms with van der Waals surface area (Å²) in [4.78, 5) is 0. The Morgan fingerprint density at radius 3 is 1.71 bits per heavy atom. The molecule has 8 atom stereocenters. The highest BCUT2D eigenvalue weighted by atomic mass is 28.4. The maximum atomic E-state index is 11.8. The summed E-state index contributed by atoms with van der Waals surface area (Å²) >= 11 is 0. The molecule has 0 amide bonds. The lowest BCUT2D eigenvalue weighted by molar-refractivity contribution is -0.187. The fraction of sp³-hybridized carbons (Fsp3) is 0.822. The van der Waals surface area contributed by atoms with Gasteiger partial charge in [-0.25, -0.2) is 0 Å². The van der Waals surface area contributed by atoms with Crippen LogP contribution in [0.1, 0.15) is 101 Å². The van der Waals surface area contributed by atoms with Gasteiger partial charge in [0.15, 0.2) is 25.0 Å². The molecule has 1 saturated heterocycles. The minimum atomic E-state index is -2.20. The normalized spacial score (nSPS) is 22.8. The van der Waals surface area contributed by atoms with Crippen molar-refractivity contribution in [2.24, 2.45) is 11.8 Å². The lowest BCUT2D eigenvalue weighted by atomic mass is 9.85. The standard InChI is InChI=1S/C45H86O7Si4/c1-33(38(26-27-53(13,14)15)48-31-35-22-24-37(47-12)25-23-35)28-36(46)29-34(2)42-40(52-56(20,21)45(9,10)11)30-39(51-55(18,19)44(6,7)8)41(50-42)32-49-54(16,17)43(3,4)5/h22-25,33-34,36,38-42,46H,28-32H2,1-21H3/t33-,34-,36-,38+,39+,40-,41+,42-/m0/s1. The van der Waals surface area contributed by atoms with E-state index in [-0.39, 0.29) is 57.5 Å². The third kappa shape index (κ3) is 15.3. The fourth-order valence-electron chi connectivity index (χ4n) is 6.15.